The monoisotopic (exact) mass is 460 g/mol. The fourth-order valence-corrected chi connectivity index (χ4v) is 4.90. The fraction of sp³-hybridized carbons (Fsp3) is 0.238. The quantitative estimate of drug-likeness (QED) is 0.494. The lowest BCUT2D eigenvalue weighted by Crippen LogP contribution is -2.37. The van der Waals surface area contributed by atoms with Crippen molar-refractivity contribution in [2.75, 3.05) is 5.75 Å². The molecule has 8 nitrogen and oxygen atoms in total. The molecule has 5 rings (SSSR count). The van der Waals surface area contributed by atoms with Crippen LogP contribution in [0.1, 0.15) is 6.92 Å². The molecule has 166 valence electrons. The van der Waals surface area contributed by atoms with Crippen molar-refractivity contribution in [1.29, 1.82) is 0 Å². The molecule has 1 unspecified atom stereocenters. The summed E-state index contributed by atoms with van der Waals surface area (Å²) in [5, 5.41) is 4.34. The molecule has 3 heterocycles. The summed E-state index contributed by atoms with van der Waals surface area (Å²) in [4.78, 5) is 13.1. The van der Waals surface area contributed by atoms with E-state index in [-0.39, 0.29) is 46.8 Å². The van der Waals surface area contributed by atoms with Crippen LogP contribution >= 0.6 is 0 Å². The molecule has 1 N–H and O–H groups in total. The summed E-state index contributed by atoms with van der Waals surface area (Å²) in [6, 6.07) is 7.88. The van der Waals surface area contributed by atoms with Gasteiger partial charge in [0.05, 0.1) is 41.4 Å². The van der Waals surface area contributed by atoms with Crippen molar-refractivity contribution in [2.24, 2.45) is 0 Å². The largest absolute Gasteiger partial charge is 0.356 e. The molecule has 1 aliphatic rings. The maximum atomic E-state index is 14.5. The first-order valence-corrected chi connectivity index (χ1v) is 11.6. The van der Waals surface area contributed by atoms with E-state index in [1.54, 1.807) is 29.1 Å². The van der Waals surface area contributed by atoms with Crippen LogP contribution < -0.4 is 10.3 Å². The van der Waals surface area contributed by atoms with Gasteiger partial charge in [-0.3, -0.25) is 9.48 Å². The summed E-state index contributed by atoms with van der Waals surface area (Å²) >= 11 is 0. The Morgan fingerprint density at radius 2 is 1.84 bits per heavy atom. The molecule has 32 heavy (non-hydrogen) atoms. The number of halogens is 2. The van der Waals surface area contributed by atoms with Gasteiger partial charge in [-0.1, -0.05) is 23.4 Å². The first-order chi connectivity index (χ1) is 15.3. The van der Waals surface area contributed by atoms with E-state index in [2.05, 4.69) is 9.88 Å². The van der Waals surface area contributed by atoms with Gasteiger partial charge in [0.25, 0.3) is 5.56 Å². The van der Waals surface area contributed by atoms with E-state index in [4.69, 9.17) is 4.52 Å². The number of hydrogen-bond acceptors (Lipinski definition) is 5. The molecule has 0 aliphatic carbocycles. The lowest BCUT2D eigenvalue weighted by molar-refractivity contribution is 0.459. The second-order valence-electron chi connectivity index (χ2n) is 7.58. The van der Waals surface area contributed by atoms with Gasteiger partial charge in [0, 0.05) is 11.8 Å². The lowest BCUT2D eigenvalue weighted by Gasteiger charge is -2.10. The van der Waals surface area contributed by atoms with E-state index in [9.17, 15) is 22.0 Å². The molecule has 0 fully saturated rings. The van der Waals surface area contributed by atoms with Crippen molar-refractivity contribution < 1.29 is 21.7 Å². The van der Waals surface area contributed by atoms with Gasteiger partial charge >= 0.3 is 0 Å². The minimum Gasteiger partial charge on any atom is -0.356 e. The van der Waals surface area contributed by atoms with E-state index < -0.39 is 33.3 Å². The van der Waals surface area contributed by atoms with Gasteiger partial charge in [0.2, 0.25) is 10.0 Å². The smallest absolute Gasteiger partial charge is 0.276 e. The number of aromatic nitrogens is 3. The van der Waals surface area contributed by atoms with Gasteiger partial charge in [-0.2, -0.15) is 0 Å². The number of nitrogens with zero attached hydrogens (tertiary/aromatic N) is 3. The van der Waals surface area contributed by atoms with Crippen LogP contribution in [0.25, 0.3) is 33.4 Å². The Kier molecular flexibility index (Phi) is 4.75. The summed E-state index contributed by atoms with van der Waals surface area (Å²) in [6.45, 7) is 1.95. The van der Waals surface area contributed by atoms with Crippen molar-refractivity contribution in [1.82, 2.24) is 19.2 Å². The standard InChI is InChI=1S/C21H18F2N4O4S/c1-2-32(29,30)25-12-9-26-11-14(21(28)27(26)10-12)20-19-13(5-3-8-17(19)31-24-20)18-15(22)6-4-7-16(18)23/h3-8,11-12,25H,2,9-10H2,1H3. The molecular formula is C21H18F2N4O4S. The predicted molar refractivity (Wildman–Crippen MR) is 113 cm³/mol. The van der Waals surface area contributed by atoms with Gasteiger partial charge in [-0.25, -0.2) is 26.6 Å². The number of rotatable bonds is 5. The van der Waals surface area contributed by atoms with Crippen LogP contribution in [0.5, 0.6) is 0 Å². The van der Waals surface area contributed by atoms with Crippen molar-refractivity contribution in [3.05, 3.63) is 64.6 Å². The third-order valence-electron chi connectivity index (χ3n) is 5.57. The van der Waals surface area contributed by atoms with Crippen LogP contribution in [0, 0.1) is 11.6 Å². The Labute approximate surface area is 181 Å². The Balaban J connectivity index is 1.61. The van der Waals surface area contributed by atoms with Crippen LogP contribution in [0.15, 0.2) is 51.9 Å². The molecule has 1 aliphatic heterocycles. The topological polar surface area (TPSA) is 99.1 Å². The molecule has 0 bridgehead atoms. The van der Waals surface area contributed by atoms with E-state index in [0.717, 1.165) is 12.1 Å². The third-order valence-corrected chi connectivity index (χ3v) is 7.02. The van der Waals surface area contributed by atoms with Crippen molar-refractivity contribution in [3.8, 4) is 22.4 Å². The average molecular weight is 460 g/mol. The molecule has 2 aromatic heterocycles. The zero-order chi connectivity index (χ0) is 22.6. The normalized spacial score (nSPS) is 16.0. The zero-order valence-corrected chi connectivity index (χ0v) is 17.7. The van der Waals surface area contributed by atoms with Gasteiger partial charge in [0.15, 0.2) is 5.58 Å². The molecule has 1 atom stereocenters. The highest BCUT2D eigenvalue weighted by Crippen LogP contribution is 2.37. The Morgan fingerprint density at radius 1 is 1.12 bits per heavy atom. The van der Waals surface area contributed by atoms with E-state index in [1.807, 2.05) is 0 Å². The maximum absolute atomic E-state index is 14.5. The average Bonchev–Trinajstić information content (AvgIpc) is 3.42. The minimum absolute atomic E-state index is 0.0567. The molecule has 11 heteroatoms. The predicted octanol–water partition coefficient (Wildman–Crippen LogP) is 2.72. The lowest BCUT2D eigenvalue weighted by atomic mass is 9.98. The zero-order valence-electron chi connectivity index (χ0n) is 16.9. The molecular weight excluding hydrogens is 442 g/mol. The first kappa shape index (κ1) is 20.6. The van der Waals surface area contributed by atoms with Crippen molar-refractivity contribution >= 4 is 21.0 Å². The van der Waals surface area contributed by atoms with Crippen LogP contribution in [-0.4, -0.2) is 34.7 Å². The first-order valence-electron chi connectivity index (χ1n) is 9.92. The highest BCUT2D eigenvalue weighted by Gasteiger charge is 2.29. The van der Waals surface area contributed by atoms with E-state index in [0.29, 0.717) is 5.39 Å². The summed E-state index contributed by atoms with van der Waals surface area (Å²) in [5.41, 5.74) is 0.238. The van der Waals surface area contributed by atoms with Crippen molar-refractivity contribution in [3.63, 3.8) is 0 Å². The van der Waals surface area contributed by atoms with Crippen LogP contribution in [0.3, 0.4) is 0 Å². The Morgan fingerprint density at radius 3 is 2.53 bits per heavy atom. The second-order valence-corrected chi connectivity index (χ2v) is 9.62. The van der Waals surface area contributed by atoms with Gasteiger partial charge in [-0.15, -0.1) is 0 Å². The molecule has 0 saturated carbocycles. The van der Waals surface area contributed by atoms with Gasteiger partial charge in [0.1, 0.15) is 17.3 Å². The van der Waals surface area contributed by atoms with Crippen LogP contribution in [0.4, 0.5) is 8.78 Å². The van der Waals surface area contributed by atoms with E-state index >= 15 is 0 Å². The molecule has 4 aromatic rings. The SMILES string of the molecule is CCS(=O)(=O)NC1Cn2cc(-c3noc4cccc(-c5c(F)cccc5F)c34)c(=O)n2C1. The number of fused-ring (bicyclic) bond motifs is 2. The maximum Gasteiger partial charge on any atom is 0.276 e. The molecule has 2 aromatic carbocycles. The van der Waals surface area contributed by atoms with E-state index in [1.165, 1.54) is 17.7 Å². The number of benzene rings is 2. The Hall–Kier alpha value is -3.31. The molecule has 0 saturated heterocycles. The molecule has 0 amide bonds. The number of nitrogens with one attached hydrogen (secondary N) is 1. The van der Waals surface area contributed by atoms with Crippen LogP contribution in [-0.2, 0) is 23.1 Å². The highest BCUT2D eigenvalue weighted by molar-refractivity contribution is 7.89. The second kappa shape index (κ2) is 7.38. The summed E-state index contributed by atoms with van der Waals surface area (Å²) < 4.78 is 63.6. The van der Waals surface area contributed by atoms with Gasteiger partial charge < -0.3 is 4.52 Å². The molecule has 0 spiro atoms. The summed E-state index contributed by atoms with van der Waals surface area (Å²) in [7, 11) is -3.42. The summed E-state index contributed by atoms with van der Waals surface area (Å²) in [6.07, 6.45) is 1.55. The number of hydrogen-bond donors (Lipinski definition) is 1. The highest BCUT2D eigenvalue weighted by atomic mass is 32.2. The fourth-order valence-electron chi connectivity index (χ4n) is 4.07. The van der Waals surface area contributed by atoms with Crippen LogP contribution in [0.2, 0.25) is 0 Å². The van der Waals surface area contributed by atoms with Gasteiger partial charge in [-0.05, 0) is 25.1 Å². The minimum atomic E-state index is -3.42. The van der Waals surface area contributed by atoms with Crippen molar-refractivity contribution in [2.45, 2.75) is 26.1 Å². The summed E-state index contributed by atoms with van der Waals surface area (Å²) in [5.74, 6) is -1.54. The Bertz CT molecular complexity index is 1500. The molecule has 0 radical (unpaired) electrons. The number of sulfonamides is 1. The third kappa shape index (κ3) is 3.24.